The van der Waals surface area contributed by atoms with Crippen LogP contribution in [0.15, 0.2) is 48.5 Å². The number of carbonyl (C=O) groups is 3. The fourth-order valence-electron chi connectivity index (χ4n) is 4.61. The van der Waals surface area contributed by atoms with Crippen LogP contribution in [0.3, 0.4) is 0 Å². The fourth-order valence-corrected chi connectivity index (χ4v) is 4.86. The number of unbranched alkanes of at least 4 members (excludes halogenated alkanes) is 4. The maximum Gasteiger partial charge on any atom is 0.408 e. The molecule has 40 heavy (non-hydrogen) atoms. The first-order valence-corrected chi connectivity index (χ1v) is 14.9. The number of alkyl carbamates (subject to hydrolysis) is 1. The number of carbonyl (C=O) groups excluding carboxylic acids is 3. The molecule has 2 unspecified atom stereocenters. The summed E-state index contributed by atoms with van der Waals surface area (Å²) in [4.78, 5) is 42.2. The van der Waals surface area contributed by atoms with Crippen molar-refractivity contribution in [1.29, 1.82) is 0 Å². The number of nitrogens with one attached hydrogen (secondary N) is 2. The van der Waals surface area contributed by atoms with Crippen molar-refractivity contribution in [1.82, 2.24) is 15.5 Å². The van der Waals surface area contributed by atoms with Gasteiger partial charge in [0.05, 0.1) is 0 Å². The molecule has 0 saturated carbocycles. The first-order chi connectivity index (χ1) is 18.9. The second kappa shape index (κ2) is 16.3. The molecule has 3 amide bonds. The standard InChI is InChI=1S/C32H47N3O4S/c1-7-8-9-10-14-17-35(30(37)27(22-40)34-31(38)39-32(4,5)6)28(26-19-23(2)18-24(3)20-26)29(36)33-21-25-15-12-11-13-16-25/h11-13,15-16,18-20,27-28,40H,7-10,14,17,21-22H2,1-6H3,(H,33,36)(H,34,38). The number of aryl methyl sites for hydroxylation is 2. The summed E-state index contributed by atoms with van der Waals surface area (Å²) in [6, 6.07) is 13.8. The zero-order valence-electron chi connectivity index (χ0n) is 25.0. The lowest BCUT2D eigenvalue weighted by Gasteiger charge is -2.34. The van der Waals surface area contributed by atoms with Crippen molar-refractivity contribution >= 4 is 30.5 Å². The number of benzene rings is 2. The lowest BCUT2D eigenvalue weighted by Crippen LogP contribution is -2.54. The van der Waals surface area contributed by atoms with Gasteiger partial charge in [-0.3, -0.25) is 9.59 Å². The monoisotopic (exact) mass is 569 g/mol. The van der Waals surface area contributed by atoms with Crippen LogP contribution in [0.25, 0.3) is 0 Å². The number of nitrogens with zero attached hydrogens (tertiary/aromatic N) is 1. The molecule has 8 heteroatoms. The number of ether oxygens (including phenoxy) is 1. The van der Waals surface area contributed by atoms with Gasteiger partial charge in [0, 0.05) is 18.8 Å². The highest BCUT2D eigenvalue weighted by molar-refractivity contribution is 7.80. The van der Waals surface area contributed by atoms with Crippen LogP contribution in [0.4, 0.5) is 4.79 Å². The van der Waals surface area contributed by atoms with Crippen LogP contribution in [-0.4, -0.2) is 46.7 Å². The maximum atomic E-state index is 14.1. The molecule has 0 radical (unpaired) electrons. The smallest absolute Gasteiger partial charge is 0.408 e. The molecule has 0 saturated heterocycles. The lowest BCUT2D eigenvalue weighted by molar-refractivity contribution is -0.142. The van der Waals surface area contributed by atoms with Crippen LogP contribution in [-0.2, 0) is 20.9 Å². The van der Waals surface area contributed by atoms with Crippen molar-refractivity contribution in [2.24, 2.45) is 0 Å². The van der Waals surface area contributed by atoms with E-state index in [1.807, 2.05) is 62.4 Å². The highest BCUT2D eigenvalue weighted by Crippen LogP contribution is 2.26. The van der Waals surface area contributed by atoms with Gasteiger partial charge in [0.15, 0.2) is 0 Å². The molecule has 2 rings (SSSR count). The van der Waals surface area contributed by atoms with Gasteiger partial charge in [0.1, 0.15) is 17.7 Å². The Bertz CT molecular complexity index is 1080. The van der Waals surface area contributed by atoms with E-state index in [1.165, 1.54) is 0 Å². The summed E-state index contributed by atoms with van der Waals surface area (Å²) >= 11 is 4.38. The molecule has 2 aromatic carbocycles. The first kappa shape index (κ1) is 33.2. The summed E-state index contributed by atoms with van der Waals surface area (Å²) in [6.07, 6.45) is 4.26. The second-order valence-electron chi connectivity index (χ2n) is 11.4. The van der Waals surface area contributed by atoms with Crippen molar-refractivity contribution < 1.29 is 19.1 Å². The summed E-state index contributed by atoms with van der Waals surface area (Å²) in [7, 11) is 0. The third-order valence-corrected chi connectivity index (χ3v) is 6.75. The number of hydrogen-bond donors (Lipinski definition) is 3. The highest BCUT2D eigenvalue weighted by Gasteiger charge is 2.35. The van der Waals surface area contributed by atoms with E-state index in [-0.39, 0.29) is 17.6 Å². The van der Waals surface area contributed by atoms with Crippen molar-refractivity contribution in [3.8, 4) is 0 Å². The fraction of sp³-hybridized carbons (Fsp3) is 0.531. The quantitative estimate of drug-likeness (QED) is 0.185. The zero-order valence-corrected chi connectivity index (χ0v) is 25.9. The number of rotatable bonds is 14. The molecule has 2 atom stereocenters. The molecule has 0 fully saturated rings. The van der Waals surface area contributed by atoms with Gasteiger partial charge in [0.25, 0.3) is 0 Å². The van der Waals surface area contributed by atoms with E-state index in [0.717, 1.165) is 54.4 Å². The zero-order chi connectivity index (χ0) is 29.7. The number of thiol groups is 1. The van der Waals surface area contributed by atoms with Crippen molar-refractivity contribution in [2.75, 3.05) is 12.3 Å². The minimum Gasteiger partial charge on any atom is -0.444 e. The Morgan fingerprint density at radius 1 is 0.950 bits per heavy atom. The third-order valence-electron chi connectivity index (χ3n) is 6.39. The van der Waals surface area contributed by atoms with Crippen LogP contribution in [0.5, 0.6) is 0 Å². The molecule has 0 spiro atoms. The van der Waals surface area contributed by atoms with E-state index >= 15 is 0 Å². The Hall–Kier alpha value is -3.00. The number of amides is 3. The second-order valence-corrected chi connectivity index (χ2v) is 11.7. The minimum absolute atomic E-state index is 0.0651. The van der Waals surface area contributed by atoms with E-state index in [2.05, 4.69) is 30.2 Å². The van der Waals surface area contributed by atoms with Crippen molar-refractivity contribution in [3.05, 3.63) is 70.8 Å². The molecule has 7 nitrogen and oxygen atoms in total. The Kier molecular flexibility index (Phi) is 13.5. The molecular weight excluding hydrogens is 522 g/mol. The summed E-state index contributed by atoms with van der Waals surface area (Å²) < 4.78 is 5.40. The maximum absolute atomic E-state index is 14.1. The molecule has 0 aliphatic rings. The number of hydrogen-bond acceptors (Lipinski definition) is 5. The van der Waals surface area contributed by atoms with E-state index in [0.29, 0.717) is 13.1 Å². The third kappa shape index (κ3) is 11.2. The molecule has 0 aliphatic carbocycles. The summed E-state index contributed by atoms with van der Waals surface area (Å²) in [5, 5.41) is 5.73. The molecule has 2 N–H and O–H groups in total. The van der Waals surface area contributed by atoms with Gasteiger partial charge in [-0.15, -0.1) is 0 Å². The van der Waals surface area contributed by atoms with Crippen LogP contribution >= 0.6 is 12.6 Å². The molecule has 0 aliphatic heterocycles. The Balaban J connectivity index is 2.44. The largest absolute Gasteiger partial charge is 0.444 e. The van der Waals surface area contributed by atoms with Gasteiger partial charge >= 0.3 is 6.09 Å². The normalized spacial score (nSPS) is 12.8. The molecule has 0 heterocycles. The Morgan fingerprint density at radius 2 is 1.57 bits per heavy atom. The lowest BCUT2D eigenvalue weighted by atomic mass is 9.98. The van der Waals surface area contributed by atoms with Gasteiger partial charge < -0.3 is 20.3 Å². The van der Waals surface area contributed by atoms with Crippen LogP contribution in [0, 0.1) is 13.8 Å². The predicted molar refractivity (Wildman–Crippen MR) is 164 cm³/mol. The van der Waals surface area contributed by atoms with Crippen LogP contribution in [0.1, 0.15) is 88.1 Å². The van der Waals surface area contributed by atoms with Crippen molar-refractivity contribution in [3.63, 3.8) is 0 Å². The summed E-state index contributed by atoms with van der Waals surface area (Å²) in [5.74, 6) is -0.573. The summed E-state index contributed by atoms with van der Waals surface area (Å²) in [5.41, 5.74) is 2.99. The van der Waals surface area contributed by atoms with E-state index in [4.69, 9.17) is 4.74 Å². The highest BCUT2D eigenvalue weighted by atomic mass is 32.1. The molecule has 0 bridgehead atoms. The first-order valence-electron chi connectivity index (χ1n) is 14.3. The van der Waals surface area contributed by atoms with Gasteiger partial charge in [-0.25, -0.2) is 4.79 Å². The molecule has 0 aromatic heterocycles. The average Bonchev–Trinajstić information content (AvgIpc) is 2.88. The average molecular weight is 570 g/mol. The Labute approximate surface area is 245 Å². The minimum atomic E-state index is -0.954. The van der Waals surface area contributed by atoms with Gasteiger partial charge in [-0.05, 0) is 52.2 Å². The van der Waals surface area contributed by atoms with E-state index < -0.39 is 23.8 Å². The van der Waals surface area contributed by atoms with Crippen molar-refractivity contribution in [2.45, 2.75) is 97.9 Å². The van der Waals surface area contributed by atoms with Gasteiger partial charge in [-0.2, -0.15) is 12.6 Å². The van der Waals surface area contributed by atoms with Gasteiger partial charge in [0.2, 0.25) is 11.8 Å². The van der Waals surface area contributed by atoms with E-state index in [1.54, 1.807) is 25.7 Å². The molecular formula is C32H47N3O4S. The molecule has 2 aromatic rings. The van der Waals surface area contributed by atoms with E-state index in [9.17, 15) is 14.4 Å². The topological polar surface area (TPSA) is 87.7 Å². The van der Waals surface area contributed by atoms with Crippen LogP contribution in [0.2, 0.25) is 0 Å². The predicted octanol–water partition coefficient (Wildman–Crippen LogP) is 6.28. The summed E-state index contributed by atoms with van der Waals surface area (Å²) in [6.45, 7) is 12.1. The SMILES string of the molecule is CCCCCCCN(C(=O)C(CS)NC(=O)OC(C)(C)C)C(C(=O)NCc1ccccc1)c1cc(C)cc(C)c1. The molecule has 220 valence electrons. The van der Waals surface area contributed by atoms with Gasteiger partial charge in [-0.1, -0.05) is 92.3 Å². The van der Waals surface area contributed by atoms with Crippen LogP contribution < -0.4 is 10.6 Å². The Morgan fingerprint density at radius 3 is 2.15 bits per heavy atom.